The molecule has 57 heavy (non-hydrogen) atoms. The van der Waals surface area contributed by atoms with Gasteiger partial charge in [-0.2, -0.15) is 5.01 Å². The van der Waals surface area contributed by atoms with Crippen LogP contribution in [0.25, 0.3) is 10.8 Å². The molecule has 0 atom stereocenters. The van der Waals surface area contributed by atoms with Gasteiger partial charge in [-0.1, -0.05) is 42.5 Å². The third-order valence-electron chi connectivity index (χ3n) is 12.4. The molecular weight excluding hydrogens is 717 g/mol. The third-order valence-corrected chi connectivity index (χ3v) is 12.4. The van der Waals surface area contributed by atoms with Gasteiger partial charge in [-0.25, -0.2) is 5.01 Å². The zero-order chi connectivity index (χ0) is 39.6. The second-order valence-electron chi connectivity index (χ2n) is 15.0. The molecule has 3 amide bonds. The number of piperazine rings is 1. The molecule has 1 spiro atoms. The van der Waals surface area contributed by atoms with E-state index in [1.54, 1.807) is 12.1 Å². The minimum atomic E-state index is -1.43. The van der Waals surface area contributed by atoms with E-state index >= 15 is 14.4 Å². The number of β-amino-alcohol motifs (C(OH)–C–C–N with tert-alkyl or cyclic N) is 1. The summed E-state index contributed by atoms with van der Waals surface area (Å²) in [5.41, 5.74) is 4.62. The highest BCUT2D eigenvalue weighted by atomic mass is 16.5. The molecule has 9 rings (SSSR count). The monoisotopic (exact) mass is 764 g/mol. The van der Waals surface area contributed by atoms with Crippen molar-refractivity contribution in [2.45, 2.75) is 33.2 Å². The van der Waals surface area contributed by atoms with E-state index in [1.807, 2.05) is 78.9 Å². The summed E-state index contributed by atoms with van der Waals surface area (Å²) in [6.07, 6.45) is 0. The van der Waals surface area contributed by atoms with Crippen molar-refractivity contribution in [1.82, 2.24) is 14.9 Å². The summed E-state index contributed by atoms with van der Waals surface area (Å²) in [6, 6.07) is 28.9. The van der Waals surface area contributed by atoms with Crippen LogP contribution in [0.15, 0.2) is 91.0 Å². The van der Waals surface area contributed by atoms with Gasteiger partial charge in [0.25, 0.3) is 17.7 Å². The lowest BCUT2D eigenvalue weighted by molar-refractivity contribution is -0.0229. The summed E-state index contributed by atoms with van der Waals surface area (Å²) in [5, 5.41) is 13.4. The molecule has 4 aliphatic heterocycles. The van der Waals surface area contributed by atoms with Gasteiger partial charge in [0.05, 0.1) is 17.7 Å². The van der Waals surface area contributed by atoms with Gasteiger partial charge >= 0.3 is 0 Å². The Bertz CT molecular complexity index is 2350. The average Bonchev–Trinajstić information content (AvgIpc) is 3.49. The van der Waals surface area contributed by atoms with E-state index in [-0.39, 0.29) is 6.61 Å². The predicted molar refractivity (Wildman–Crippen MR) is 223 cm³/mol. The summed E-state index contributed by atoms with van der Waals surface area (Å²) in [7, 11) is 0. The number of benzene rings is 5. The van der Waals surface area contributed by atoms with Crippen LogP contribution >= 0.6 is 0 Å². The summed E-state index contributed by atoms with van der Waals surface area (Å²) < 4.78 is 6.86. The summed E-state index contributed by atoms with van der Waals surface area (Å²) in [6.45, 7) is 15.5. The average molecular weight is 765 g/mol. The Morgan fingerprint density at radius 3 is 1.81 bits per heavy atom. The van der Waals surface area contributed by atoms with Crippen molar-refractivity contribution in [3.05, 3.63) is 124 Å². The highest BCUT2D eigenvalue weighted by Crippen LogP contribution is 2.59. The van der Waals surface area contributed by atoms with Crippen molar-refractivity contribution >= 4 is 45.6 Å². The number of carbonyl (C=O) groups is 3. The first kappa shape index (κ1) is 36.7. The number of hydrogen-bond acceptors (Lipinski definition) is 9. The van der Waals surface area contributed by atoms with E-state index < -0.39 is 23.3 Å². The lowest BCUT2D eigenvalue weighted by atomic mass is 9.75. The van der Waals surface area contributed by atoms with Gasteiger partial charge in [-0.15, -0.1) is 0 Å². The molecule has 1 N–H and O–H groups in total. The first-order valence-corrected chi connectivity index (χ1v) is 20.2. The number of anilines is 3. The van der Waals surface area contributed by atoms with Gasteiger partial charge in [0, 0.05) is 121 Å². The molecule has 0 unspecified atom stereocenters. The van der Waals surface area contributed by atoms with E-state index in [2.05, 4.69) is 47.3 Å². The molecule has 0 saturated carbocycles. The van der Waals surface area contributed by atoms with Gasteiger partial charge in [0.1, 0.15) is 17.0 Å². The summed E-state index contributed by atoms with van der Waals surface area (Å²) in [4.78, 5) is 54.6. The first-order valence-electron chi connectivity index (χ1n) is 20.2. The van der Waals surface area contributed by atoms with Crippen LogP contribution in [0.1, 0.15) is 75.5 Å². The van der Waals surface area contributed by atoms with E-state index in [9.17, 15) is 5.11 Å². The fourth-order valence-electron chi connectivity index (χ4n) is 9.63. The van der Waals surface area contributed by atoms with E-state index in [1.165, 1.54) is 5.01 Å². The summed E-state index contributed by atoms with van der Waals surface area (Å²) >= 11 is 0. The Labute approximate surface area is 333 Å². The maximum atomic E-state index is 15.2. The Morgan fingerprint density at radius 2 is 1.21 bits per heavy atom. The van der Waals surface area contributed by atoms with Crippen molar-refractivity contribution in [3.63, 3.8) is 0 Å². The highest BCUT2D eigenvalue weighted by Gasteiger charge is 2.61. The van der Waals surface area contributed by atoms with Gasteiger partial charge in [0.15, 0.2) is 0 Å². The number of imide groups is 1. The molecule has 1 fully saturated rings. The van der Waals surface area contributed by atoms with Gasteiger partial charge in [-0.3, -0.25) is 19.3 Å². The predicted octanol–water partition coefficient (Wildman–Crippen LogP) is 6.71. The van der Waals surface area contributed by atoms with Crippen LogP contribution < -0.4 is 19.4 Å². The van der Waals surface area contributed by atoms with E-state index in [4.69, 9.17) is 4.74 Å². The van der Waals surface area contributed by atoms with Crippen LogP contribution in [0.4, 0.5) is 17.1 Å². The Balaban J connectivity index is 1.25. The zero-order valence-corrected chi connectivity index (χ0v) is 33.0. The number of aliphatic hydroxyl groups is 1. The molecule has 1 saturated heterocycles. The molecular formula is C46H48N6O5. The SMILES string of the molecule is CCN(CC)c1ccc2c(c1)Oc1cc(N(CC)CC)ccc1C21c2ccccc2C(=O)N1N1C(=O)c2cccc3c(N4CCN(CCO)CC4)ccc(c23)C1=O. The standard InChI is InChI=1S/C46H48N6O5/c1-5-48(6-2)30-16-19-37-40(28-30)57-41-29-31(49(7-3)8-4)17-20-38(41)46(37)36-15-10-9-12-32(36)45(56)52(46)51-43(54)34-14-11-13-33-39(21-18-35(42(33)34)44(51)55)50-24-22-47(23-25-50)26-27-53/h9-21,28-29,53H,5-8,22-27H2,1-4H3. The number of carbonyl (C=O) groups excluding carboxylic acids is 3. The van der Waals surface area contributed by atoms with E-state index in [0.29, 0.717) is 56.8 Å². The number of hydrazine groups is 1. The molecule has 11 heteroatoms. The van der Waals surface area contributed by atoms with Crippen LogP contribution in [0, 0.1) is 0 Å². The minimum absolute atomic E-state index is 0.118. The lowest BCUT2D eigenvalue weighted by Crippen LogP contribution is -2.60. The molecule has 4 aliphatic rings. The van der Waals surface area contributed by atoms with Gasteiger partial charge < -0.3 is 24.5 Å². The van der Waals surface area contributed by atoms with Crippen molar-refractivity contribution in [2.24, 2.45) is 0 Å². The molecule has 0 aromatic heterocycles. The number of nitrogens with zero attached hydrogens (tertiary/aromatic N) is 6. The fraction of sp³-hybridized carbons (Fsp3) is 0.326. The Kier molecular flexibility index (Phi) is 9.17. The zero-order valence-electron chi connectivity index (χ0n) is 33.0. The van der Waals surface area contributed by atoms with E-state index in [0.717, 1.165) is 79.8 Å². The van der Waals surface area contributed by atoms with Gasteiger partial charge in [0.2, 0.25) is 0 Å². The molecule has 11 nitrogen and oxygen atoms in total. The number of amides is 3. The molecule has 0 bridgehead atoms. The van der Waals surface area contributed by atoms with Crippen molar-refractivity contribution < 1.29 is 24.2 Å². The molecule has 4 heterocycles. The van der Waals surface area contributed by atoms with Crippen LogP contribution in [0.5, 0.6) is 11.5 Å². The van der Waals surface area contributed by atoms with Crippen LogP contribution in [-0.2, 0) is 5.54 Å². The van der Waals surface area contributed by atoms with Crippen LogP contribution in [0.2, 0.25) is 0 Å². The largest absolute Gasteiger partial charge is 0.456 e. The maximum absolute atomic E-state index is 15.2. The number of hydrogen-bond donors (Lipinski definition) is 1. The number of aliphatic hydroxyl groups excluding tert-OH is 1. The number of fused-ring (bicyclic) bond motifs is 6. The van der Waals surface area contributed by atoms with Crippen molar-refractivity contribution in [2.75, 3.05) is 80.2 Å². The number of ether oxygens (including phenoxy) is 1. The maximum Gasteiger partial charge on any atom is 0.280 e. The normalized spacial score (nSPS) is 16.9. The lowest BCUT2D eigenvalue weighted by Gasteiger charge is -2.48. The highest BCUT2D eigenvalue weighted by molar-refractivity contribution is 6.27. The summed E-state index contributed by atoms with van der Waals surface area (Å²) in [5.74, 6) is -0.447. The third kappa shape index (κ3) is 5.35. The second kappa shape index (κ2) is 14.2. The topological polar surface area (TPSA) is 100 Å². The molecule has 5 aromatic rings. The minimum Gasteiger partial charge on any atom is -0.456 e. The van der Waals surface area contributed by atoms with Crippen molar-refractivity contribution in [3.8, 4) is 11.5 Å². The van der Waals surface area contributed by atoms with Gasteiger partial charge in [-0.05, 0) is 64.1 Å². The molecule has 0 radical (unpaired) electrons. The second-order valence-corrected chi connectivity index (χ2v) is 15.0. The quantitative estimate of drug-likeness (QED) is 0.156. The van der Waals surface area contributed by atoms with Crippen LogP contribution in [0.3, 0.4) is 0 Å². The smallest absolute Gasteiger partial charge is 0.280 e. The fourth-order valence-corrected chi connectivity index (χ4v) is 9.63. The Morgan fingerprint density at radius 1 is 0.632 bits per heavy atom. The molecule has 0 aliphatic carbocycles. The van der Waals surface area contributed by atoms with Crippen LogP contribution in [-0.4, -0.2) is 103 Å². The Hall–Kier alpha value is -5.91. The van der Waals surface area contributed by atoms with Crippen molar-refractivity contribution in [1.29, 1.82) is 0 Å². The number of rotatable bonds is 10. The first-order chi connectivity index (χ1) is 27.8. The molecule has 5 aromatic carbocycles. The molecule has 292 valence electrons.